The monoisotopic (exact) mass is 1510 g/mol. The average molecular weight is 1510 g/mol. The third-order valence-electron chi connectivity index (χ3n) is 18.3. The number of carbonyl (C=O) groups is 14. The molecule has 0 radical (unpaired) electrons. The summed E-state index contributed by atoms with van der Waals surface area (Å²) in [5, 5.41) is 56.0. The molecule has 3 aliphatic heterocycles. The number of amides is 12. The molecular formula is C69H91N19O16S2. The third-order valence-corrected chi connectivity index (χ3v) is 20.7. The van der Waals surface area contributed by atoms with Crippen LogP contribution >= 0.6 is 21.6 Å². The minimum absolute atomic E-state index is 0.00377. The Labute approximate surface area is 616 Å². The Kier molecular flexibility index (Phi) is 30.0. The molecule has 3 saturated heterocycles. The van der Waals surface area contributed by atoms with Crippen molar-refractivity contribution in [3.63, 3.8) is 0 Å². The highest BCUT2D eigenvalue weighted by Crippen LogP contribution is 2.30. The number of H-pyrrole nitrogens is 2. The van der Waals surface area contributed by atoms with Crippen molar-refractivity contribution in [1.29, 1.82) is 5.41 Å². The summed E-state index contributed by atoms with van der Waals surface area (Å²) < 4.78 is 0. The molecule has 11 atom stereocenters. The summed E-state index contributed by atoms with van der Waals surface area (Å²) in [5.74, 6) is -14.5. The largest absolute Gasteiger partial charge is 0.481 e. The SMILES string of the molecule is CC(=O)N[C@@H]1CSSC[C@@H](C(=O)N2CCC[C@H]2C(=O)N2CCC[C@H]2C(=O)N[C@@H](CCCCN)C(=O)N[C@@H](CC(=O)O)C(N)=O)NC(=O)[C@H](Cc2c[nH]c3ccccc23)NC(=O)[C@H](CCCNC(=N)N)NC(=O)[C@@H](Cc2ccc3ccccc3c2)NC(=O)[C@H](Cc2c[nH]cn2)NC(=O)[C@H](CCC(=O)O)NC1=O. The number of benzene rings is 3. The van der Waals surface area contributed by atoms with E-state index in [9.17, 15) is 53.4 Å². The van der Waals surface area contributed by atoms with Crippen LogP contribution in [-0.2, 0) is 86.4 Å². The lowest BCUT2D eigenvalue weighted by molar-refractivity contribution is -0.148. The van der Waals surface area contributed by atoms with Gasteiger partial charge in [-0.2, -0.15) is 0 Å². The second-order valence-electron chi connectivity index (χ2n) is 26.1. The van der Waals surface area contributed by atoms with Crippen molar-refractivity contribution in [2.75, 3.05) is 37.7 Å². The molecule has 0 unspecified atom stereocenters. The Hall–Kier alpha value is -10.8. The van der Waals surface area contributed by atoms with E-state index >= 15 is 24.0 Å². The van der Waals surface area contributed by atoms with Crippen molar-refractivity contribution in [2.24, 2.45) is 17.2 Å². The van der Waals surface area contributed by atoms with Crippen LogP contribution in [0.3, 0.4) is 0 Å². The number of nitrogens with one attached hydrogen (secondary N) is 13. The Morgan fingerprint density at radius 2 is 1.26 bits per heavy atom. The van der Waals surface area contributed by atoms with Gasteiger partial charge in [-0.05, 0) is 98.7 Å². The number of fused-ring (bicyclic) bond motifs is 2. The highest BCUT2D eigenvalue weighted by molar-refractivity contribution is 8.76. The summed E-state index contributed by atoms with van der Waals surface area (Å²) in [5.41, 5.74) is 18.8. The van der Waals surface area contributed by atoms with E-state index < -0.39 is 175 Å². The average Bonchev–Trinajstić information content (AvgIpc) is 1.61. The van der Waals surface area contributed by atoms with Gasteiger partial charge in [-0.25, -0.2) is 4.98 Å². The van der Waals surface area contributed by atoms with Gasteiger partial charge in [-0.3, -0.25) is 72.5 Å². The lowest BCUT2D eigenvalue weighted by Gasteiger charge is -2.33. The van der Waals surface area contributed by atoms with Crippen LogP contribution < -0.4 is 70.4 Å². The lowest BCUT2D eigenvalue weighted by atomic mass is 9.99. The van der Waals surface area contributed by atoms with Gasteiger partial charge in [0.05, 0.1) is 18.4 Å². The van der Waals surface area contributed by atoms with E-state index in [2.05, 4.69) is 68.1 Å². The summed E-state index contributed by atoms with van der Waals surface area (Å²) in [6.07, 6.45) is 3.02. The van der Waals surface area contributed by atoms with E-state index in [0.717, 1.165) is 39.3 Å². The van der Waals surface area contributed by atoms with Crippen LogP contribution in [0.15, 0.2) is 85.5 Å². The molecule has 3 fully saturated rings. The molecule has 5 heterocycles. The zero-order valence-corrected chi connectivity index (χ0v) is 59.9. The molecule has 570 valence electrons. The van der Waals surface area contributed by atoms with Gasteiger partial charge < -0.3 is 100 Å². The molecule has 5 aromatic rings. The molecule has 106 heavy (non-hydrogen) atoms. The number of unbranched alkanes of at least 4 members (excludes halogenated alkanes) is 1. The normalized spacial score (nSPS) is 22.3. The number of nitrogens with zero attached hydrogens (tertiary/aromatic N) is 3. The molecule has 0 saturated carbocycles. The highest BCUT2D eigenvalue weighted by atomic mass is 33.1. The Morgan fingerprint density at radius 1 is 0.651 bits per heavy atom. The van der Waals surface area contributed by atoms with E-state index in [0.29, 0.717) is 41.3 Å². The molecule has 3 aromatic carbocycles. The van der Waals surface area contributed by atoms with E-state index in [1.165, 1.54) is 22.3 Å². The number of primary amides is 1. The third kappa shape index (κ3) is 23.3. The van der Waals surface area contributed by atoms with Crippen molar-refractivity contribution < 1.29 is 77.3 Å². The molecular weight excluding hydrogens is 1420 g/mol. The fraction of sp³-hybridized carbons (Fsp3) is 0.478. The number of hydrogen-bond donors (Lipinski definition) is 18. The molecule has 0 bridgehead atoms. The van der Waals surface area contributed by atoms with Gasteiger partial charge in [0.1, 0.15) is 66.5 Å². The van der Waals surface area contributed by atoms with E-state index in [1.807, 2.05) is 30.3 Å². The van der Waals surface area contributed by atoms with Crippen molar-refractivity contribution in [1.82, 2.24) is 77.9 Å². The summed E-state index contributed by atoms with van der Waals surface area (Å²) in [4.78, 5) is 210. The van der Waals surface area contributed by atoms with Crippen LogP contribution in [0.4, 0.5) is 0 Å². The number of guanidine groups is 1. The van der Waals surface area contributed by atoms with E-state index in [-0.39, 0.29) is 101 Å². The molecule has 8 rings (SSSR count). The smallest absolute Gasteiger partial charge is 0.305 e. The maximum atomic E-state index is 15.6. The Balaban J connectivity index is 1.17. The first-order chi connectivity index (χ1) is 50.8. The van der Waals surface area contributed by atoms with Crippen LogP contribution in [0.2, 0.25) is 0 Å². The van der Waals surface area contributed by atoms with Gasteiger partial charge >= 0.3 is 11.9 Å². The maximum Gasteiger partial charge on any atom is 0.305 e. The fourth-order valence-corrected chi connectivity index (χ4v) is 15.2. The second-order valence-corrected chi connectivity index (χ2v) is 28.7. The lowest BCUT2D eigenvalue weighted by Crippen LogP contribution is -2.61. The van der Waals surface area contributed by atoms with E-state index in [4.69, 9.17) is 22.6 Å². The van der Waals surface area contributed by atoms with Crippen LogP contribution in [-0.4, -0.2) is 228 Å². The first kappa shape index (κ1) is 80.9. The number of aromatic amines is 2. The zero-order chi connectivity index (χ0) is 76.6. The predicted octanol–water partition coefficient (Wildman–Crippen LogP) is -1.95. The van der Waals surface area contributed by atoms with Crippen LogP contribution in [0, 0.1) is 5.41 Å². The van der Waals surface area contributed by atoms with Gasteiger partial charge in [-0.15, -0.1) is 0 Å². The molecule has 0 spiro atoms. The minimum Gasteiger partial charge on any atom is -0.481 e. The Bertz CT molecular complexity index is 4030. The van der Waals surface area contributed by atoms with Crippen LogP contribution in [0.25, 0.3) is 21.7 Å². The molecule has 21 N–H and O–H groups in total. The number of imidazole rings is 1. The number of hydrogen-bond acceptors (Lipinski definition) is 19. The van der Waals surface area contributed by atoms with Crippen molar-refractivity contribution >= 4 is 132 Å². The molecule has 37 heteroatoms. The molecule has 35 nitrogen and oxygen atoms in total. The standard InChI is InChI=1S/C69H91N19O16S2/c1-37(89)78-52-34-105-106-35-53(67(103)88-26-10-18-55(88)68(104)87-25-9-17-54(87)66(102)81-45(15-6-7-23-70)59(95)82-48(58(71)94)31-57(92)93)86-63(99)50(29-41-32-76-44-14-5-4-13-43(41)44)84-60(96)46(16-8-24-75-69(72)73)79-62(98)49(28-38-19-20-39-11-2-3-12-40(39)27-38)83-64(100)51(30-42-33-74-36-77-42)85-61(97)47(80-65(52)101)21-22-56(90)91/h2-5,11-14,19-20,27,32-33,36,45-55,76H,6-10,15-18,21-26,28-31,34-35,70H2,1H3,(H2,71,94)(H,74,77)(H,78,89)(H,79,98)(H,80,101)(H,81,102)(H,82,95)(H,83,100)(H,84,96)(H,85,97)(H,86,99)(H,90,91)(H,92,93)(H4,72,73,75)/t45-,46-,47-,48-,49+,50-,51-,52+,53-,54-,55-/m0/s1. The number of carboxylic acids is 2. The molecule has 12 amide bonds. The molecule has 0 aliphatic carbocycles. The molecule has 2 aromatic heterocycles. The van der Waals surface area contributed by atoms with Crippen molar-refractivity contribution in [3.8, 4) is 0 Å². The predicted molar refractivity (Wildman–Crippen MR) is 390 cm³/mol. The summed E-state index contributed by atoms with van der Waals surface area (Å²) >= 11 is 0. The topological polar surface area (TPSA) is 553 Å². The van der Waals surface area contributed by atoms with Crippen LogP contribution in [0.1, 0.15) is 101 Å². The van der Waals surface area contributed by atoms with E-state index in [1.54, 1.807) is 42.6 Å². The van der Waals surface area contributed by atoms with Crippen LogP contribution in [0.5, 0.6) is 0 Å². The summed E-state index contributed by atoms with van der Waals surface area (Å²) in [6.45, 7) is 1.39. The number of carboxylic acid groups (broad SMARTS) is 2. The van der Waals surface area contributed by atoms with Gasteiger partial charge in [-0.1, -0.05) is 82.3 Å². The fourth-order valence-electron chi connectivity index (χ4n) is 12.8. The minimum atomic E-state index is -1.68. The number of rotatable bonds is 27. The first-order valence-corrected chi connectivity index (χ1v) is 37.3. The van der Waals surface area contributed by atoms with Gasteiger partial charge in [0.25, 0.3) is 0 Å². The number of aliphatic carboxylic acids is 2. The summed E-state index contributed by atoms with van der Waals surface area (Å²) in [7, 11) is 1.88. The quantitative estimate of drug-likeness (QED) is 0.0118. The maximum absolute atomic E-state index is 15.6. The van der Waals surface area contributed by atoms with Gasteiger partial charge in [0, 0.05) is 87.0 Å². The number of aromatic nitrogens is 3. The van der Waals surface area contributed by atoms with Gasteiger partial charge in [0.15, 0.2) is 5.96 Å². The van der Waals surface area contributed by atoms with Crippen molar-refractivity contribution in [3.05, 3.63) is 102 Å². The number of carbonyl (C=O) groups excluding carboxylic acids is 12. The number of nitrogens with two attached hydrogens (primary N) is 3. The van der Waals surface area contributed by atoms with Gasteiger partial charge in [0.2, 0.25) is 70.9 Å². The first-order valence-electron chi connectivity index (χ1n) is 34.8. The molecule has 3 aliphatic rings. The Morgan fingerprint density at radius 3 is 1.92 bits per heavy atom. The highest BCUT2D eigenvalue weighted by Gasteiger charge is 2.45. The number of para-hydroxylation sites is 1. The summed E-state index contributed by atoms with van der Waals surface area (Å²) in [6, 6.07) is 3.51. The second kappa shape index (κ2) is 39.3. The zero-order valence-electron chi connectivity index (χ0n) is 58.3. The number of likely N-dealkylation sites (tertiary alicyclic amines) is 2. The van der Waals surface area contributed by atoms with Crippen molar-refractivity contribution in [2.45, 2.75) is 170 Å².